The molecule has 1 aliphatic heterocycles. The quantitative estimate of drug-likeness (QED) is 0.237. The summed E-state index contributed by atoms with van der Waals surface area (Å²) in [5.41, 5.74) is -1.66. The van der Waals surface area contributed by atoms with Gasteiger partial charge in [0.25, 0.3) is 0 Å². The molecule has 0 aromatic carbocycles. The highest BCUT2D eigenvalue weighted by Gasteiger charge is 2.70. The average Bonchev–Trinajstić information content (AvgIpc) is 3.18. The van der Waals surface area contributed by atoms with E-state index in [1.807, 2.05) is 0 Å². The van der Waals surface area contributed by atoms with Gasteiger partial charge in [-0.1, -0.05) is 34.6 Å². The van der Waals surface area contributed by atoms with Crippen molar-refractivity contribution in [1.29, 1.82) is 0 Å². The highest BCUT2D eigenvalue weighted by Crippen LogP contribution is 2.69. The van der Waals surface area contributed by atoms with E-state index in [0.29, 0.717) is 25.7 Å². The van der Waals surface area contributed by atoms with Crippen LogP contribution in [0.5, 0.6) is 0 Å². The van der Waals surface area contributed by atoms with Crippen LogP contribution < -0.4 is 0 Å². The minimum Gasteiger partial charge on any atom is -0.393 e. The fourth-order valence-corrected chi connectivity index (χ4v) is 10.7. The molecule has 0 amide bonds. The molecule has 9 heteroatoms. The predicted molar refractivity (Wildman–Crippen MR) is 151 cm³/mol. The van der Waals surface area contributed by atoms with Crippen LogP contribution in [0.25, 0.3) is 0 Å². The maximum atomic E-state index is 12.5. The number of rotatable bonds is 7. The Balaban J connectivity index is 1.29. The fraction of sp³-hybridized carbons (Fsp3) is 1.00. The molecule has 0 bridgehead atoms. The van der Waals surface area contributed by atoms with Gasteiger partial charge in [0.1, 0.15) is 18.3 Å². The molecule has 238 valence electrons. The molecule has 1 heterocycles. The lowest BCUT2D eigenvalue weighted by Crippen LogP contribution is -2.68. The minimum absolute atomic E-state index is 0.00723. The van der Waals surface area contributed by atoms with Crippen molar-refractivity contribution in [2.75, 3.05) is 6.61 Å². The van der Waals surface area contributed by atoms with Crippen molar-refractivity contribution >= 4 is 0 Å². The first-order chi connectivity index (χ1) is 19.1. The van der Waals surface area contributed by atoms with Gasteiger partial charge in [-0.15, -0.1) is 0 Å². The summed E-state index contributed by atoms with van der Waals surface area (Å²) in [5, 5.41) is 76.0. The van der Waals surface area contributed by atoms with E-state index < -0.39 is 48.5 Å². The van der Waals surface area contributed by atoms with Gasteiger partial charge in [-0.3, -0.25) is 0 Å². The third-order valence-corrected chi connectivity index (χ3v) is 12.8. The summed E-state index contributed by atoms with van der Waals surface area (Å²) in [5.74, 6) is 0.240. The van der Waals surface area contributed by atoms with E-state index >= 15 is 0 Å². The summed E-state index contributed by atoms with van der Waals surface area (Å²) in [6.07, 6.45) is -0.461. The van der Waals surface area contributed by atoms with Crippen molar-refractivity contribution in [3.8, 4) is 0 Å². The molecule has 5 aliphatic rings. The molecule has 7 N–H and O–H groups in total. The fourth-order valence-electron chi connectivity index (χ4n) is 10.7. The zero-order valence-corrected chi connectivity index (χ0v) is 25.6. The van der Waals surface area contributed by atoms with E-state index in [1.54, 1.807) is 0 Å². The Labute approximate surface area is 245 Å². The van der Waals surface area contributed by atoms with Gasteiger partial charge in [-0.05, 0) is 91.8 Å². The van der Waals surface area contributed by atoms with Crippen molar-refractivity contribution in [2.24, 2.45) is 46.3 Å². The van der Waals surface area contributed by atoms with Gasteiger partial charge in [0, 0.05) is 12.3 Å². The number of hydrogen-bond donors (Lipinski definition) is 7. The van der Waals surface area contributed by atoms with Crippen LogP contribution in [-0.2, 0) is 9.47 Å². The number of aliphatic hydroxyl groups is 7. The van der Waals surface area contributed by atoms with Crippen LogP contribution in [-0.4, -0.2) is 97.0 Å². The standard InChI is InChI=1S/C32H56O9/c1-16(2)24(41-29-27(38)26(37)23(36)15-40-29)7-6-17(3)19-13-21(34)28-31(19,5)11-9-25-30(4)10-8-18(33)12-20(30)22(35)14-32(25,28)39/h16-29,33-39H,6-15H2,1-5H3/t17-,18?,19-,20?,21?,22?,23-,24?,25-,26+,27-,28-,29?,30+,31-,32+/m1/s1. The first kappa shape index (κ1) is 32.0. The van der Waals surface area contributed by atoms with Crippen LogP contribution in [0.2, 0.25) is 0 Å². The van der Waals surface area contributed by atoms with E-state index in [0.717, 1.165) is 25.7 Å². The van der Waals surface area contributed by atoms with Crippen LogP contribution >= 0.6 is 0 Å². The zero-order valence-electron chi connectivity index (χ0n) is 25.6. The molecule has 0 spiro atoms. The normalized spacial score (nSPS) is 53.3. The van der Waals surface area contributed by atoms with Crippen molar-refractivity contribution in [3.05, 3.63) is 0 Å². The molecule has 5 rings (SSSR count). The monoisotopic (exact) mass is 584 g/mol. The van der Waals surface area contributed by atoms with Gasteiger partial charge in [-0.25, -0.2) is 0 Å². The number of aliphatic hydroxyl groups excluding tert-OH is 6. The van der Waals surface area contributed by atoms with Crippen LogP contribution in [0, 0.1) is 46.3 Å². The first-order valence-corrected chi connectivity index (χ1v) is 16.2. The zero-order chi connectivity index (χ0) is 30.1. The Morgan fingerprint density at radius 2 is 1.51 bits per heavy atom. The molecular formula is C32H56O9. The van der Waals surface area contributed by atoms with E-state index in [1.165, 1.54) is 0 Å². The first-order valence-electron chi connectivity index (χ1n) is 16.2. The number of hydrogen-bond acceptors (Lipinski definition) is 9. The molecule has 9 nitrogen and oxygen atoms in total. The van der Waals surface area contributed by atoms with Gasteiger partial charge < -0.3 is 45.2 Å². The van der Waals surface area contributed by atoms with E-state index in [4.69, 9.17) is 9.47 Å². The smallest absolute Gasteiger partial charge is 0.186 e. The van der Waals surface area contributed by atoms with E-state index in [-0.39, 0.29) is 65.5 Å². The second kappa shape index (κ2) is 11.5. The predicted octanol–water partition coefficient (Wildman–Crippen LogP) is 1.96. The second-order valence-electron chi connectivity index (χ2n) is 15.5. The summed E-state index contributed by atoms with van der Waals surface area (Å²) < 4.78 is 11.6. The van der Waals surface area contributed by atoms with Crippen molar-refractivity contribution in [2.45, 2.75) is 147 Å². The molecule has 0 aromatic heterocycles. The third-order valence-electron chi connectivity index (χ3n) is 12.8. The Morgan fingerprint density at radius 3 is 2.20 bits per heavy atom. The van der Waals surface area contributed by atoms with Gasteiger partial charge in [-0.2, -0.15) is 0 Å². The third kappa shape index (κ3) is 5.33. The summed E-state index contributed by atoms with van der Waals surface area (Å²) in [7, 11) is 0. The topological polar surface area (TPSA) is 160 Å². The van der Waals surface area contributed by atoms with Crippen molar-refractivity contribution < 1.29 is 45.2 Å². The van der Waals surface area contributed by atoms with Crippen molar-refractivity contribution in [1.82, 2.24) is 0 Å². The molecule has 5 fully saturated rings. The molecule has 0 radical (unpaired) electrons. The number of fused-ring (bicyclic) bond motifs is 5. The molecule has 1 saturated heterocycles. The lowest BCUT2D eigenvalue weighted by molar-refractivity contribution is -0.287. The summed E-state index contributed by atoms with van der Waals surface area (Å²) in [6, 6.07) is 0. The molecule has 4 saturated carbocycles. The summed E-state index contributed by atoms with van der Waals surface area (Å²) >= 11 is 0. The summed E-state index contributed by atoms with van der Waals surface area (Å²) in [6.45, 7) is 10.7. The molecule has 4 aliphatic carbocycles. The lowest BCUT2D eigenvalue weighted by Gasteiger charge is -2.66. The van der Waals surface area contributed by atoms with Crippen LogP contribution in [0.15, 0.2) is 0 Å². The van der Waals surface area contributed by atoms with Gasteiger partial charge in [0.05, 0.1) is 36.6 Å². The molecule has 16 atom stereocenters. The molecule has 0 aromatic rings. The Kier molecular flexibility index (Phi) is 9.01. The molecule has 6 unspecified atom stereocenters. The highest BCUT2D eigenvalue weighted by molar-refractivity contribution is 5.20. The number of ether oxygens (including phenoxy) is 2. The van der Waals surface area contributed by atoms with Crippen molar-refractivity contribution in [3.63, 3.8) is 0 Å². The Bertz CT molecular complexity index is 918. The van der Waals surface area contributed by atoms with E-state index in [2.05, 4.69) is 34.6 Å². The minimum atomic E-state index is -1.32. The maximum Gasteiger partial charge on any atom is 0.186 e. The SMILES string of the molecule is CC(C)C(CC[C@@H](C)[C@H]1CC(O)[C@@H]2[C@]1(C)CC[C@H]1[C@@]2(O)CC(O)C2CC(O)CC[C@@]21C)OC1OC[C@@H](O)[C@H](O)[C@H]1O. The summed E-state index contributed by atoms with van der Waals surface area (Å²) in [4.78, 5) is 0. The lowest BCUT2D eigenvalue weighted by atomic mass is 9.42. The largest absolute Gasteiger partial charge is 0.393 e. The Hall–Kier alpha value is -0.360. The molecule has 41 heavy (non-hydrogen) atoms. The Morgan fingerprint density at radius 1 is 0.829 bits per heavy atom. The van der Waals surface area contributed by atoms with Crippen LogP contribution in [0.1, 0.15) is 92.4 Å². The maximum absolute atomic E-state index is 12.5. The highest BCUT2D eigenvalue weighted by atomic mass is 16.7. The van der Waals surface area contributed by atoms with Gasteiger partial charge in [0.15, 0.2) is 6.29 Å². The van der Waals surface area contributed by atoms with Crippen LogP contribution in [0.4, 0.5) is 0 Å². The molecular weight excluding hydrogens is 528 g/mol. The average molecular weight is 585 g/mol. The van der Waals surface area contributed by atoms with Crippen LogP contribution in [0.3, 0.4) is 0 Å². The van der Waals surface area contributed by atoms with Gasteiger partial charge >= 0.3 is 0 Å². The van der Waals surface area contributed by atoms with E-state index in [9.17, 15) is 35.7 Å². The second-order valence-corrected chi connectivity index (χ2v) is 15.5. The van der Waals surface area contributed by atoms with Gasteiger partial charge in [0.2, 0.25) is 0 Å².